The van der Waals surface area contributed by atoms with Gasteiger partial charge < -0.3 is 5.43 Å². The van der Waals surface area contributed by atoms with Crippen LogP contribution < -0.4 is 10.9 Å². The Hall–Kier alpha value is -2.63. The molecule has 2 aromatic carbocycles. The summed E-state index contributed by atoms with van der Waals surface area (Å²) in [4.78, 5) is 4.21. The predicted molar refractivity (Wildman–Crippen MR) is 114 cm³/mol. The van der Waals surface area contributed by atoms with Crippen molar-refractivity contribution in [2.75, 3.05) is 12.5 Å². The Bertz CT molecular complexity index is 826. The maximum atomic E-state index is 5.91. The first-order valence-corrected chi connectivity index (χ1v) is 9.45. The number of H-pyrrole nitrogens is 1. The SMILES string of the molecule is CC.CNNc1ccc(-c2ncn[nH]2)cc1CC=CCc1ccc(Cl)cc1. The molecule has 142 valence electrons. The van der Waals surface area contributed by atoms with E-state index in [0.29, 0.717) is 0 Å². The van der Waals surface area contributed by atoms with Crippen molar-refractivity contribution in [3.05, 3.63) is 77.1 Å². The van der Waals surface area contributed by atoms with Gasteiger partial charge in [0.15, 0.2) is 5.82 Å². The lowest BCUT2D eigenvalue weighted by Crippen LogP contribution is -2.16. The van der Waals surface area contributed by atoms with E-state index in [1.807, 2.05) is 57.3 Å². The van der Waals surface area contributed by atoms with Gasteiger partial charge in [-0.15, -0.1) is 0 Å². The minimum Gasteiger partial charge on any atom is -0.321 e. The number of nitrogens with one attached hydrogen (secondary N) is 3. The Balaban J connectivity index is 0.00000126. The monoisotopic (exact) mass is 383 g/mol. The van der Waals surface area contributed by atoms with E-state index in [4.69, 9.17) is 11.6 Å². The Morgan fingerprint density at radius 2 is 1.78 bits per heavy atom. The highest BCUT2D eigenvalue weighted by atomic mass is 35.5. The van der Waals surface area contributed by atoms with Gasteiger partial charge in [-0.1, -0.05) is 49.7 Å². The van der Waals surface area contributed by atoms with Crippen LogP contribution in [-0.4, -0.2) is 22.2 Å². The van der Waals surface area contributed by atoms with Crippen LogP contribution in [0.1, 0.15) is 25.0 Å². The molecule has 0 unspecified atom stereocenters. The smallest absolute Gasteiger partial charge is 0.155 e. The first-order valence-electron chi connectivity index (χ1n) is 9.07. The molecule has 1 heterocycles. The number of allylic oxidation sites excluding steroid dienone is 2. The number of aromatic nitrogens is 3. The maximum Gasteiger partial charge on any atom is 0.155 e. The van der Waals surface area contributed by atoms with Gasteiger partial charge in [-0.2, -0.15) is 5.10 Å². The van der Waals surface area contributed by atoms with Crippen LogP contribution in [-0.2, 0) is 12.8 Å². The lowest BCUT2D eigenvalue weighted by molar-refractivity contribution is 0.976. The second-order valence-electron chi connectivity index (χ2n) is 5.59. The van der Waals surface area contributed by atoms with Crippen LogP contribution in [0.2, 0.25) is 5.02 Å². The van der Waals surface area contributed by atoms with Gasteiger partial charge in [0.05, 0.1) is 5.69 Å². The number of benzene rings is 2. The standard InChI is InChI=1S/C19H20ClN5.C2H6/c1-21-24-18-11-8-16(19-22-13-23-25-19)12-15(18)5-3-2-4-14-6-9-17(20)10-7-14;1-2/h2-3,6-13,21,24H,4-5H2,1H3,(H,22,23,25);1-2H3. The van der Waals surface area contributed by atoms with E-state index in [1.54, 1.807) is 0 Å². The first-order chi connectivity index (χ1) is 13.3. The second kappa shape index (κ2) is 11.2. The number of rotatable bonds is 7. The molecule has 0 amide bonds. The third kappa shape index (κ3) is 6.24. The largest absolute Gasteiger partial charge is 0.321 e. The fraction of sp³-hybridized carbons (Fsp3) is 0.238. The molecule has 5 nitrogen and oxygen atoms in total. The molecular weight excluding hydrogens is 358 g/mol. The molecular formula is C21H26ClN5. The van der Waals surface area contributed by atoms with Crippen molar-refractivity contribution in [1.29, 1.82) is 0 Å². The summed E-state index contributed by atoms with van der Waals surface area (Å²) >= 11 is 5.91. The van der Waals surface area contributed by atoms with Crippen LogP contribution in [0.5, 0.6) is 0 Å². The van der Waals surface area contributed by atoms with Crippen molar-refractivity contribution in [2.24, 2.45) is 0 Å². The van der Waals surface area contributed by atoms with Crippen molar-refractivity contribution < 1.29 is 0 Å². The van der Waals surface area contributed by atoms with E-state index in [1.165, 1.54) is 17.5 Å². The summed E-state index contributed by atoms with van der Waals surface area (Å²) in [7, 11) is 1.85. The molecule has 27 heavy (non-hydrogen) atoms. The minimum absolute atomic E-state index is 0.764. The van der Waals surface area contributed by atoms with Gasteiger partial charge in [0.2, 0.25) is 0 Å². The van der Waals surface area contributed by atoms with Gasteiger partial charge in [-0.25, -0.2) is 10.4 Å². The van der Waals surface area contributed by atoms with E-state index >= 15 is 0 Å². The first kappa shape index (κ1) is 20.7. The van der Waals surface area contributed by atoms with Crippen molar-refractivity contribution in [2.45, 2.75) is 26.7 Å². The van der Waals surface area contributed by atoms with Crippen LogP contribution in [0.25, 0.3) is 11.4 Å². The van der Waals surface area contributed by atoms with Crippen molar-refractivity contribution in [3.8, 4) is 11.4 Å². The summed E-state index contributed by atoms with van der Waals surface area (Å²) in [5.74, 6) is 0.766. The fourth-order valence-corrected chi connectivity index (χ4v) is 2.69. The Kier molecular flexibility index (Phi) is 8.55. The third-order valence-corrected chi connectivity index (χ3v) is 4.08. The number of aromatic amines is 1. The summed E-state index contributed by atoms with van der Waals surface area (Å²) in [5, 5.41) is 7.58. The van der Waals surface area contributed by atoms with Crippen molar-refractivity contribution >= 4 is 17.3 Å². The number of hydrogen-bond acceptors (Lipinski definition) is 4. The molecule has 0 saturated carbocycles. The number of nitrogens with zero attached hydrogens (tertiary/aromatic N) is 2. The van der Waals surface area contributed by atoms with E-state index in [-0.39, 0.29) is 0 Å². The van der Waals surface area contributed by atoms with Gasteiger partial charge >= 0.3 is 0 Å². The Labute approximate surface area is 165 Å². The summed E-state index contributed by atoms with van der Waals surface area (Å²) in [6.45, 7) is 4.00. The molecule has 0 bridgehead atoms. The van der Waals surface area contributed by atoms with E-state index < -0.39 is 0 Å². The molecule has 1 aromatic heterocycles. The third-order valence-electron chi connectivity index (χ3n) is 3.82. The molecule has 6 heteroatoms. The number of hydrazine groups is 1. The van der Waals surface area contributed by atoms with Crippen LogP contribution >= 0.6 is 11.6 Å². The zero-order valence-corrected chi connectivity index (χ0v) is 16.7. The summed E-state index contributed by atoms with van der Waals surface area (Å²) in [6, 6.07) is 14.1. The predicted octanol–water partition coefficient (Wildman–Crippen LogP) is 5.04. The summed E-state index contributed by atoms with van der Waals surface area (Å²) < 4.78 is 0. The van der Waals surface area contributed by atoms with Gasteiger partial charge in [-0.3, -0.25) is 5.10 Å². The molecule has 0 fully saturated rings. The topological polar surface area (TPSA) is 65.6 Å². The Morgan fingerprint density at radius 1 is 1.04 bits per heavy atom. The number of anilines is 1. The van der Waals surface area contributed by atoms with E-state index in [9.17, 15) is 0 Å². The highest BCUT2D eigenvalue weighted by molar-refractivity contribution is 6.30. The molecule has 3 N–H and O–H groups in total. The quantitative estimate of drug-likeness (QED) is 0.395. The lowest BCUT2D eigenvalue weighted by Gasteiger charge is -2.11. The van der Waals surface area contributed by atoms with Gasteiger partial charge in [0, 0.05) is 17.6 Å². The van der Waals surface area contributed by atoms with Gasteiger partial charge in [-0.05, 0) is 54.3 Å². The zero-order valence-electron chi connectivity index (χ0n) is 16.0. The molecule has 3 aromatic rings. The van der Waals surface area contributed by atoms with Crippen molar-refractivity contribution in [3.63, 3.8) is 0 Å². The average Bonchev–Trinajstić information content (AvgIpc) is 3.24. The maximum absolute atomic E-state index is 5.91. The summed E-state index contributed by atoms with van der Waals surface area (Å²) in [5.41, 5.74) is 10.6. The minimum atomic E-state index is 0.764. The van der Waals surface area contributed by atoms with Gasteiger partial charge in [0.1, 0.15) is 6.33 Å². The molecule has 3 rings (SSSR count). The van der Waals surface area contributed by atoms with Crippen LogP contribution in [0.3, 0.4) is 0 Å². The van der Waals surface area contributed by atoms with Gasteiger partial charge in [0.25, 0.3) is 0 Å². The highest BCUT2D eigenvalue weighted by Gasteiger charge is 2.06. The van der Waals surface area contributed by atoms with E-state index in [0.717, 1.165) is 34.9 Å². The highest BCUT2D eigenvalue weighted by Crippen LogP contribution is 2.23. The molecule has 0 spiro atoms. The molecule has 0 atom stereocenters. The van der Waals surface area contributed by atoms with E-state index in [2.05, 4.69) is 44.3 Å². The summed E-state index contributed by atoms with van der Waals surface area (Å²) in [6.07, 6.45) is 7.57. The normalized spacial score (nSPS) is 10.5. The molecule has 0 radical (unpaired) electrons. The lowest BCUT2D eigenvalue weighted by atomic mass is 10.0. The number of halogens is 1. The molecule has 0 aliphatic heterocycles. The zero-order chi connectivity index (χ0) is 19.5. The second-order valence-corrected chi connectivity index (χ2v) is 6.02. The van der Waals surface area contributed by atoms with Crippen LogP contribution in [0.4, 0.5) is 5.69 Å². The molecule has 0 aliphatic carbocycles. The van der Waals surface area contributed by atoms with Crippen LogP contribution in [0, 0.1) is 0 Å². The molecule has 0 saturated heterocycles. The van der Waals surface area contributed by atoms with Crippen molar-refractivity contribution in [1.82, 2.24) is 20.6 Å². The average molecular weight is 384 g/mol. The number of hydrogen-bond donors (Lipinski definition) is 3. The fourth-order valence-electron chi connectivity index (χ4n) is 2.56. The van der Waals surface area contributed by atoms with Crippen LogP contribution in [0.15, 0.2) is 60.9 Å². The Morgan fingerprint density at radius 3 is 2.44 bits per heavy atom. The molecule has 0 aliphatic rings.